The van der Waals surface area contributed by atoms with Crippen molar-refractivity contribution in [2.24, 2.45) is 0 Å². The number of rotatable bonds is 5. The maximum atomic E-state index is 13.8. The number of hydrogen-bond acceptors (Lipinski definition) is 4. The Morgan fingerprint density at radius 3 is 2.68 bits per heavy atom. The number of aryl methyl sites for hydroxylation is 2. The second kappa shape index (κ2) is 9.99. The van der Waals surface area contributed by atoms with Gasteiger partial charge >= 0.3 is 0 Å². The topological polar surface area (TPSA) is 76.0 Å². The molecule has 1 aliphatic rings. The summed E-state index contributed by atoms with van der Waals surface area (Å²) in [4.78, 5) is 23.5. The number of fused-ring (bicyclic) bond motifs is 2. The van der Waals surface area contributed by atoms with Gasteiger partial charge in [-0.25, -0.2) is 9.67 Å². The second-order valence-electron chi connectivity index (χ2n) is 9.63. The van der Waals surface area contributed by atoms with Gasteiger partial charge in [0.2, 0.25) is 0 Å². The Hall–Kier alpha value is -4.10. The van der Waals surface area contributed by atoms with Gasteiger partial charge in [-0.15, -0.1) is 0 Å². The smallest absolute Gasteiger partial charge is 0.275 e. The zero-order chi connectivity index (χ0) is 26.2. The molecule has 5 aromatic rings. The Morgan fingerprint density at radius 2 is 1.87 bits per heavy atom. The van der Waals surface area contributed by atoms with E-state index in [1.165, 1.54) is 0 Å². The fourth-order valence-corrected chi connectivity index (χ4v) is 5.11. The van der Waals surface area contributed by atoms with E-state index in [1.807, 2.05) is 54.4 Å². The molecule has 3 aromatic carbocycles. The lowest BCUT2D eigenvalue weighted by Crippen LogP contribution is -2.33. The first-order chi connectivity index (χ1) is 18.5. The van der Waals surface area contributed by atoms with Crippen molar-refractivity contribution in [2.45, 2.75) is 33.2 Å². The SMILES string of the molecule is CCCc1cn(-c2ccc(Cl)cc2)nc1C(=O)N1CCOc2ccc(-c3ccc4nc(C)[nH]c4c3)cc2C1. The molecule has 8 heteroatoms. The third-order valence-corrected chi connectivity index (χ3v) is 7.12. The average Bonchev–Trinajstić information content (AvgIpc) is 3.43. The molecule has 0 fully saturated rings. The number of carbonyl (C=O) groups is 1. The number of nitrogens with zero attached hydrogens (tertiary/aromatic N) is 4. The standard InChI is InChI=1S/C30H28ClN5O2/c1-3-4-22-18-36(25-9-7-24(31)8-10-25)34-29(22)30(37)35-13-14-38-28-12-6-20(15-23(28)17-35)21-5-11-26-27(16-21)33-19(2)32-26/h5-12,15-16,18H,3-4,13-14,17H2,1-2H3,(H,32,33). The molecule has 6 rings (SSSR count). The lowest BCUT2D eigenvalue weighted by atomic mass is 10.0. The van der Waals surface area contributed by atoms with Crippen LogP contribution in [-0.2, 0) is 13.0 Å². The largest absolute Gasteiger partial charge is 0.491 e. The molecule has 0 atom stereocenters. The van der Waals surface area contributed by atoms with Crippen LogP contribution in [0.3, 0.4) is 0 Å². The molecule has 192 valence electrons. The Kier molecular flexibility index (Phi) is 6.37. The highest BCUT2D eigenvalue weighted by Gasteiger charge is 2.26. The molecule has 2 aromatic heterocycles. The summed E-state index contributed by atoms with van der Waals surface area (Å²) in [6.45, 7) is 5.43. The molecule has 1 amide bonds. The number of carbonyl (C=O) groups excluding carboxylic acids is 1. The molecular weight excluding hydrogens is 498 g/mol. The number of benzene rings is 3. The number of ether oxygens (including phenoxy) is 1. The van der Waals surface area contributed by atoms with Crippen molar-refractivity contribution >= 4 is 28.5 Å². The van der Waals surface area contributed by atoms with Crippen molar-refractivity contribution in [3.8, 4) is 22.6 Å². The first kappa shape index (κ1) is 24.2. The van der Waals surface area contributed by atoms with Gasteiger partial charge in [-0.05, 0) is 73.0 Å². The molecule has 0 saturated carbocycles. The summed E-state index contributed by atoms with van der Waals surface area (Å²) in [5.74, 6) is 1.61. The summed E-state index contributed by atoms with van der Waals surface area (Å²) in [7, 11) is 0. The van der Waals surface area contributed by atoms with E-state index in [-0.39, 0.29) is 5.91 Å². The van der Waals surface area contributed by atoms with E-state index in [1.54, 1.807) is 4.68 Å². The lowest BCUT2D eigenvalue weighted by molar-refractivity contribution is 0.0725. The van der Waals surface area contributed by atoms with E-state index in [0.29, 0.717) is 30.4 Å². The van der Waals surface area contributed by atoms with Crippen molar-refractivity contribution in [2.75, 3.05) is 13.2 Å². The fourth-order valence-electron chi connectivity index (χ4n) is 4.98. The number of imidazole rings is 1. The minimum Gasteiger partial charge on any atom is -0.491 e. The molecule has 0 saturated heterocycles. The van der Waals surface area contributed by atoms with E-state index >= 15 is 0 Å². The molecule has 3 heterocycles. The molecule has 0 unspecified atom stereocenters. The summed E-state index contributed by atoms with van der Waals surface area (Å²) in [5.41, 5.74) is 7.36. The van der Waals surface area contributed by atoms with Crippen LogP contribution in [0.15, 0.2) is 66.9 Å². The molecule has 0 aliphatic carbocycles. The van der Waals surface area contributed by atoms with Crippen LogP contribution in [-0.4, -0.2) is 43.7 Å². The molecule has 1 aliphatic heterocycles. The van der Waals surface area contributed by atoms with Crippen LogP contribution in [0.5, 0.6) is 5.75 Å². The first-order valence-electron chi connectivity index (χ1n) is 12.8. The van der Waals surface area contributed by atoms with Gasteiger partial charge in [0.1, 0.15) is 18.2 Å². The van der Waals surface area contributed by atoms with Crippen LogP contribution in [0.25, 0.3) is 27.8 Å². The van der Waals surface area contributed by atoms with Crippen molar-refractivity contribution in [3.05, 3.63) is 94.5 Å². The Bertz CT molecular complexity index is 1640. The maximum Gasteiger partial charge on any atom is 0.275 e. The summed E-state index contributed by atoms with van der Waals surface area (Å²) in [6.07, 6.45) is 3.64. The van der Waals surface area contributed by atoms with Crippen LogP contribution in [0.4, 0.5) is 0 Å². The quantitative estimate of drug-likeness (QED) is 0.289. The van der Waals surface area contributed by atoms with Gasteiger partial charge in [0, 0.05) is 28.9 Å². The summed E-state index contributed by atoms with van der Waals surface area (Å²) < 4.78 is 7.81. The highest BCUT2D eigenvalue weighted by atomic mass is 35.5. The lowest BCUT2D eigenvalue weighted by Gasteiger charge is -2.19. The maximum absolute atomic E-state index is 13.8. The highest BCUT2D eigenvalue weighted by Crippen LogP contribution is 2.31. The van der Waals surface area contributed by atoms with Crippen molar-refractivity contribution in [1.82, 2.24) is 24.6 Å². The van der Waals surface area contributed by atoms with E-state index in [4.69, 9.17) is 21.4 Å². The molecule has 7 nitrogen and oxygen atoms in total. The predicted molar refractivity (Wildman–Crippen MR) is 149 cm³/mol. The number of hydrogen-bond donors (Lipinski definition) is 1. The predicted octanol–water partition coefficient (Wildman–Crippen LogP) is 6.36. The van der Waals surface area contributed by atoms with Gasteiger partial charge in [-0.1, -0.05) is 37.1 Å². The van der Waals surface area contributed by atoms with Gasteiger partial charge in [0.15, 0.2) is 5.69 Å². The molecule has 0 bridgehead atoms. The first-order valence-corrected chi connectivity index (χ1v) is 13.2. The van der Waals surface area contributed by atoms with E-state index in [9.17, 15) is 4.79 Å². The van der Waals surface area contributed by atoms with Crippen LogP contribution in [0.2, 0.25) is 5.02 Å². The van der Waals surface area contributed by atoms with Crippen molar-refractivity contribution in [1.29, 1.82) is 0 Å². The van der Waals surface area contributed by atoms with Crippen LogP contribution in [0.1, 0.15) is 40.8 Å². The van der Waals surface area contributed by atoms with Gasteiger partial charge in [0.05, 0.1) is 23.3 Å². The molecular formula is C30H28ClN5O2. The fraction of sp³-hybridized carbons (Fsp3) is 0.233. The average molecular weight is 526 g/mol. The monoisotopic (exact) mass is 525 g/mol. The van der Waals surface area contributed by atoms with Crippen LogP contribution < -0.4 is 4.74 Å². The Labute approximate surface area is 226 Å². The zero-order valence-electron chi connectivity index (χ0n) is 21.4. The van der Waals surface area contributed by atoms with Crippen molar-refractivity contribution < 1.29 is 9.53 Å². The minimum absolute atomic E-state index is 0.0858. The van der Waals surface area contributed by atoms with E-state index in [2.05, 4.69) is 41.2 Å². The Balaban J connectivity index is 1.31. The third kappa shape index (κ3) is 4.65. The molecule has 1 N–H and O–H groups in total. The second-order valence-corrected chi connectivity index (χ2v) is 10.1. The number of halogens is 1. The highest BCUT2D eigenvalue weighted by molar-refractivity contribution is 6.30. The molecule has 0 radical (unpaired) electrons. The van der Waals surface area contributed by atoms with Crippen molar-refractivity contribution in [3.63, 3.8) is 0 Å². The van der Waals surface area contributed by atoms with Gasteiger partial charge in [0.25, 0.3) is 5.91 Å². The number of nitrogens with one attached hydrogen (secondary N) is 1. The number of H-pyrrole nitrogens is 1. The normalized spacial score (nSPS) is 13.3. The van der Waals surface area contributed by atoms with Crippen LogP contribution in [0, 0.1) is 6.92 Å². The zero-order valence-corrected chi connectivity index (χ0v) is 22.1. The Morgan fingerprint density at radius 1 is 1.08 bits per heavy atom. The number of amides is 1. The third-order valence-electron chi connectivity index (χ3n) is 6.86. The van der Waals surface area contributed by atoms with E-state index in [0.717, 1.165) is 63.4 Å². The molecule has 38 heavy (non-hydrogen) atoms. The van der Waals surface area contributed by atoms with Gasteiger partial charge in [-0.2, -0.15) is 5.10 Å². The van der Waals surface area contributed by atoms with Crippen LogP contribution >= 0.6 is 11.6 Å². The van der Waals surface area contributed by atoms with E-state index < -0.39 is 0 Å². The summed E-state index contributed by atoms with van der Waals surface area (Å²) in [5, 5.41) is 5.38. The summed E-state index contributed by atoms with van der Waals surface area (Å²) in [6, 6.07) is 19.8. The number of aromatic nitrogens is 4. The van der Waals surface area contributed by atoms with Gasteiger partial charge < -0.3 is 14.6 Å². The number of aromatic amines is 1. The van der Waals surface area contributed by atoms with Gasteiger partial charge in [-0.3, -0.25) is 4.79 Å². The summed E-state index contributed by atoms with van der Waals surface area (Å²) >= 11 is 6.06. The molecule has 0 spiro atoms. The minimum atomic E-state index is -0.0858.